The Hall–Kier alpha value is -0.300. The maximum Gasteiger partial charge on any atom is 0.0552 e. The summed E-state index contributed by atoms with van der Waals surface area (Å²) in [6.45, 7) is 7.32. The third kappa shape index (κ3) is 3.06. The number of hydrogen-bond donors (Lipinski definition) is 0. The van der Waals surface area contributed by atoms with Crippen LogP contribution in [0.15, 0.2) is 12.2 Å². The minimum absolute atomic E-state index is 0.281. The predicted octanol–water partition coefficient (Wildman–Crippen LogP) is 3.02. The van der Waals surface area contributed by atoms with Gasteiger partial charge in [-0.2, -0.15) is 0 Å². The third-order valence-corrected chi connectivity index (χ3v) is 2.36. The number of ether oxygens (including phenoxy) is 1. The summed E-state index contributed by atoms with van der Waals surface area (Å²) in [7, 11) is 1.77. The average Bonchev–Trinajstić information content (AvgIpc) is 2.04. The SMILES string of the molecule is C/C=C/C(CC)(CC)COC. The van der Waals surface area contributed by atoms with E-state index < -0.39 is 0 Å². The Balaban J connectivity index is 4.19. The summed E-state index contributed by atoms with van der Waals surface area (Å²) in [4.78, 5) is 0. The molecule has 66 valence electrons. The second-order valence-electron chi connectivity index (χ2n) is 3.00. The molecule has 0 radical (unpaired) electrons. The highest BCUT2D eigenvalue weighted by Crippen LogP contribution is 2.28. The van der Waals surface area contributed by atoms with E-state index in [1.807, 2.05) is 0 Å². The van der Waals surface area contributed by atoms with Gasteiger partial charge in [0.15, 0.2) is 0 Å². The first-order valence-corrected chi connectivity index (χ1v) is 4.37. The van der Waals surface area contributed by atoms with Crippen LogP contribution in [0.3, 0.4) is 0 Å². The topological polar surface area (TPSA) is 9.23 Å². The summed E-state index contributed by atoms with van der Waals surface area (Å²) in [5.41, 5.74) is 0.281. The van der Waals surface area contributed by atoms with Crippen molar-refractivity contribution in [3.8, 4) is 0 Å². The van der Waals surface area contributed by atoms with Crippen molar-refractivity contribution in [1.29, 1.82) is 0 Å². The molecule has 0 aromatic carbocycles. The Labute approximate surface area is 70.4 Å². The Morgan fingerprint density at radius 1 is 1.27 bits per heavy atom. The molecule has 0 aliphatic carbocycles. The zero-order valence-electron chi connectivity index (χ0n) is 8.18. The van der Waals surface area contributed by atoms with Crippen LogP contribution in [0.2, 0.25) is 0 Å². The predicted molar refractivity (Wildman–Crippen MR) is 49.7 cm³/mol. The molecule has 0 saturated heterocycles. The summed E-state index contributed by atoms with van der Waals surface area (Å²) >= 11 is 0. The third-order valence-electron chi connectivity index (χ3n) is 2.36. The lowest BCUT2D eigenvalue weighted by Crippen LogP contribution is -2.21. The smallest absolute Gasteiger partial charge is 0.0552 e. The lowest BCUT2D eigenvalue weighted by atomic mass is 9.83. The van der Waals surface area contributed by atoms with E-state index in [0.29, 0.717) is 0 Å². The fourth-order valence-electron chi connectivity index (χ4n) is 1.38. The van der Waals surface area contributed by atoms with Gasteiger partial charge >= 0.3 is 0 Å². The number of rotatable bonds is 5. The number of hydrogen-bond acceptors (Lipinski definition) is 1. The van der Waals surface area contributed by atoms with Gasteiger partial charge in [-0.1, -0.05) is 26.0 Å². The minimum Gasteiger partial charge on any atom is -0.384 e. The van der Waals surface area contributed by atoms with Crippen LogP contribution in [0.25, 0.3) is 0 Å². The fraction of sp³-hybridized carbons (Fsp3) is 0.800. The number of methoxy groups -OCH3 is 1. The molecular weight excluding hydrogens is 136 g/mol. The Bertz CT molecular complexity index is 112. The lowest BCUT2D eigenvalue weighted by Gasteiger charge is -2.26. The molecular formula is C10H20O. The van der Waals surface area contributed by atoms with E-state index in [1.54, 1.807) is 7.11 Å². The molecule has 0 aromatic rings. The van der Waals surface area contributed by atoms with E-state index in [9.17, 15) is 0 Å². The molecule has 0 heterocycles. The maximum absolute atomic E-state index is 5.19. The number of allylic oxidation sites excluding steroid dienone is 1. The van der Waals surface area contributed by atoms with Crippen LogP contribution < -0.4 is 0 Å². The molecule has 0 unspecified atom stereocenters. The normalized spacial score (nSPS) is 12.7. The minimum atomic E-state index is 0.281. The molecule has 0 aliphatic rings. The largest absolute Gasteiger partial charge is 0.384 e. The first-order chi connectivity index (χ1) is 5.24. The molecule has 0 N–H and O–H groups in total. The van der Waals surface area contributed by atoms with Crippen LogP contribution >= 0.6 is 0 Å². The van der Waals surface area contributed by atoms with Gasteiger partial charge in [0.2, 0.25) is 0 Å². The van der Waals surface area contributed by atoms with Crippen LogP contribution in [0.1, 0.15) is 33.6 Å². The van der Waals surface area contributed by atoms with E-state index in [-0.39, 0.29) is 5.41 Å². The van der Waals surface area contributed by atoms with E-state index >= 15 is 0 Å². The molecule has 0 bridgehead atoms. The second-order valence-corrected chi connectivity index (χ2v) is 3.00. The molecule has 0 saturated carbocycles. The van der Waals surface area contributed by atoms with Crippen molar-refractivity contribution < 1.29 is 4.74 Å². The Morgan fingerprint density at radius 3 is 2.09 bits per heavy atom. The highest BCUT2D eigenvalue weighted by atomic mass is 16.5. The van der Waals surface area contributed by atoms with Crippen molar-refractivity contribution in [3.05, 3.63) is 12.2 Å². The molecule has 1 nitrogen and oxygen atoms in total. The van der Waals surface area contributed by atoms with Gasteiger partial charge in [0.1, 0.15) is 0 Å². The van der Waals surface area contributed by atoms with Gasteiger partial charge in [0.05, 0.1) is 6.61 Å². The molecule has 0 atom stereocenters. The van der Waals surface area contributed by atoms with Crippen LogP contribution in [0, 0.1) is 5.41 Å². The molecule has 0 amide bonds. The van der Waals surface area contributed by atoms with E-state index in [2.05, 4.69) is 32.9 Å². The summed E-state index contributed by atoms with van der Waals surface area (Å²) in [5, 5.41) is 0. The highest BCUT2D eigenvalue weighted by Gasteiger charge is 2.21. The summed E-state index contributed by atoms with van der Waals surface area (Å²) < 4.78 is 5.19. The highest BCUT2D eigenvalue weighted by molar-refractivity contribution is 4.97. The van der Waals surface area contributed by atoms with E-state index in [1.165, 1.54) is 0 Å². The van der Waals surface area contributed by atoms with Crippen molar-refractivity contribution >= 4 is 0 Å². The fourth-order valence-corrected chi connectivity index (χ4v) is 1.38. The average molecular weight is 156 g/mol. The van der Waals surface area contributed by atoms with Gasteiger partial charge in [0, 0.05) is 12.5 Å². The van der Waals surface area contributed by atoms with Gasteiger partial charge in [-0.05, 0) is 19.8 Å². The first kappa shape index (κ1) is 10.7. The quantitative estimate of drug-likeness (QED) is 0.556. The molecule has 11 heavy (non-hydrogen) atoms. The van der Waals surface area contributed by atoms with Gasteiger partial charge in [-0.15, -0.1) is 0 Å². The van der Waals surface area contributed by atoms with E-state index in [0.717, 1.165) is 19.4 Å². The van der Waals surface area contributed by atoms with E-state index in [4.69, 9.17) is 4.74 Å². The van der Waals surface area contributed by atoms with Crippen LogP contribution in [0.5, 0.6) is 0 Å². The second kappa shape index (κ2) is 5.36. The first-order valence-electron chi connectivity index (χ1n) is 4.37. The monoisotopic (exact) mass is 156 g/mol. The summed E-state index contributed by atoms with van der Waals surface area (Å²) in [6, 6.07) is 0. The lowest BCUT2D eigenvalue weighted by molar-refractivity contribution is 0.105. The van der Waals surface area contributed by atoms with Crippen LogP contribution in [-0.4, -0.2) is 13.7 Å². The van der Waals surface area contributed by atoms with Crippen molar-refractivity contribution in [3.63, 3.8) is 0 Å². The summed E-state index contributed by atoms with van der Waals surface area (Å²) in [5.74, 6) is 0. The van der Waals surface area contributed by atoms with Gasteiger partial charge in [0.25, 0.3) is 0 Å². The molecule has 0 aliphatic heterocycles. The molecule has 0 spiro atoms. The van der Waals surface area contributed by atoms with Crippen LogP contribution in [0.4, 0.5) is 0 Å². The molecule has 0 fully saturated rings. The zero-order chi connectivity index (χ0) is 8.74. The Kier molecular flexibility index (Phi) is 5.22. The van der Waals surface area contributed by atoms with Crippen molar-refractivity contribution in [1.82, 2.24) is 0 Å². The molecule has 1 heteroatoms. The summed E-state index contributed by atoms with van der Waals surface area (Å²) in [6.07, 6.45) is 6.69. The van der Waals surface area contributed by atoms with Gasteiger partial charge < -0.3 is 4.74 Å². The zero-order valence-corrected chi connectivity index (χ0v) is 8.18. The van der Waals surface area contributed by atoms with Gasteiger partial charge in [-0.3, -0.25) is 0 Å². The maximum atomic E-state index is 5.19. The van der Waals surface area contributed by atoms with Crippen molar-refractivity contribution in [2.45, 2.75) is 33.6 Å². The Morgan fingerprint density at radius 2 is 1.82 bits per heavy atom. The van der Waals surface area contributed by atoms with Crippen molar-refractivity contribution in [2.75, 3.05) is 13.7 Å². The van der Waals surface area contributed by atoms with Gasteiger partial charge in [-0.25, -0.2) is 0 Å². The standard InChI is InChI=1S/C10H20O/c1-5-8-10(6-2,7-3)9-11-4/h5,8H,6-7,9H2,1-4H3/b8-5+. The van der Waals surface area contributed by atoms with Crippen LogP contribution in [-0.2, 0) is 4.74 Å². The van der Waals surface area contributed by atoms with Crippen molar-refractivity contribution in [2.24, 2.45) is 5.41 Å². The molecule has 0 rings (SSSR count). The molecule has 0 aromatic heterocycles.